The van der Waals surface area contributed by atoms with Crippen molar-refractivity contribution < 1.29 is 18.0 Å². The Morgan fingerprint density at radius 1 is 1.31 bits per heavy atom. The van der Waals surface area contributed by atoms with Crippen molar-refractivity contribution in [2.24, 2.45) is 10.7 Å². The Hall–Kier alpha value is -3.42. The summed E-state index contributed by atoms with van der Waals surface area (Å²) in [7, 11) is 5.33. The number of carbonyl (C=O) groups excluding carboxylic acids is 1. The Morgan fingerprint density at radius 2 is 2.00 bits per heavy atom. The van der Waals surface area contributed by atoms with Crippen molar-refractivity contribution >= 4 is 29.0 Å². The van der Waals surface area contributed by atoms with Crippen LogP contribution in [0.3, 0.4) is 0 Å². The molecule has 1 aromatic carbocycles. The van der Waals surface area contributed by atoms with Gasteiger partial charge in [-0.25, -0.2) is 0 Å². The minimum Gasteiger partial charge on any atom is -0.394 e. The lowest BCUT2D eigenvalue weighted by Gasteiger charge is -2.25. The molecule has 0 aliphatic carbocycles. The van der Waals surface area contributed by atoms with Crippen LogP contribution >= 0.6 is 11.3 Å². The molecule has 0 saturated carbocycles. The van der Waals surface area contributed by atoms with Crippen molar-refractivity contribution in [3.05, 3.63) is 75.1 Å². The topological polar surface area (TPSA) is 85.7 Å². The molecule has 1 aliphatic rings. The van der Waals surface area contributed by atoms with Crippen molar-refractivity contribution in [1.82, 2.24) is 9.80 Å². The van der Waals surface area contributed by atoms with Crippen molar-refractivity contribution in [3.63, 3.8) is 0 Å². The molecule has 10 heteroatoms. The number of hydrogen-bond acceptors (Lipinski definition) is 6. The van der Waals surface area contributed by atoms with Gasteiger partial charge in [-0.2, -0.15) is 18.4 Å². The summed E-state index contributed by atoms with van der Waals surface area (Å²) in [6, 6.07) is 12.2. The van der Waals surface area contributed by atoms with Crippen LogP contribution in [-0.2, 0) is 17.8 Å². The van der Waals surface area contributed by atoms with E-state index in [1.807, 2.05) is 36.0 Å². The first-order valence-corrected chi connectivity index (χ1v) is 11.5. The molecule has 0 atom stereocenters. The summed E-state index contributed by atoms with van der Waals surface area (Å²) in [5.74, 6) is 0.0550. The molecule has 1 amide bonds. The SMILES string of the molecule is CN(C)C/C=C/C(=O)N1CCc2cc(C#N)sc2C1.CN=C/C(=C(\N)C(F)(F)F)c1ccccc1. The normalized spacial score (nSPS) is 14.4. The number of fused-ring (bicyclic) bond motifs is 1. The van der Waals surface area contributed by atoms with Gasteiger partial charge in [0.25, 0.3) is 0 Å². The highest BCUT2D eigenvalue weighted by molar-refractivity contribution is 7.12. The second kappa shape index (κ2) is 12.9. The van der Waals surface area contributed by atoms with Crippen LogP contribution in [-0.4, -0.2) is 62.3 Å². The lowest BCUT2D eigenvalue weighted by molar-refractivity contribution is -0.126. The van der Waals surface area contributed by atoms with Gasteiger partial charge in [-0.15, -0.1) is 11.3 Å². The summed E-state index contributed by atoms with van der Waals surface area (Å²) < 4.78 is 37.4. The molecule has 0 fully saturated rings. The minimum absolute atomic E-state index is 0.0550. The Kier molecular flexibility index (Phi) is 10.2. The smallest absolute Gasteiger partial charge is 0.394 e. The summed E-state index contributed by atoms with van der Waals surface area (Å²) >= 11 is 1.50. The third-order valence-corrected chi connectivity index (χ3v) is 6.04. The van der Waals surface area contributed by atoms with E-state index in [0.29, 0.717) is 12.1 Å². The van der Waals surface area contributed by atoms with E-state index in [9.17, 15) is 18.0 Å². The molecule has 2 heterocycles. The number of likely N-dealkylation sites (N-methyl/N-ethyl adjacent to an activating group) is 1. The molecule has 3 rings (SSSR count). The van der Waals surface area contributed by atoms with Crippen LogP contribution in [0.5, 0.6) is 0 Å². The predicted octanol–water partition coefficient (Wildman–Crippen LogP) is 4.24. The number of thiophene rings is 1. The summed E-state index contributed by atoms with van der Waals surface area (Å²) in [6.45, 7) is 2.13. The van der Waals surface area contributed by atoms with Crippen LogP contribution < -0.4 is 5.73 Å². The van der Waals surface area contributed by atoms with Gasteiger partial charge in [-0.3, -0.25) is 9.79 Å². The number of nitrogens with two attached hydrogens (primary N) is 1. The van der Waals surface area contributed by atoms with E-state index >= 15 is 0 Å². The second-order valence-corrected chi connectivity index (χ2v) is 9.06. The summed E-state index contributed by atoms with van der Waals surface area (Å²) in [5, 5.41) is 8.89. The monoisotopic (exact) mass is 503 g/mol. The fraction of sp³-hybridized carbons (Fsp3) is 0.320. The molecule has 1 aliphatic heterocycles. The standard InChI is InChI=1S/C14H17N3OS.C11H11F3N2/c1-16(2)6-3-4-14(18)17-7-5-11-8-12(9-15)19-13(11)10-17;1-16-7-9(10(15)11(12,13)14)8-5-3-2-4-6-8/h3-4,8H,5-7,10H2,1-2H3;2-7H,15H2,1H3/b4-3+;10-9+,16-7?. The number of amides is 1. The highest BCUT2D eigenvalue weighted by atomic mass is 32.1. The van der Waals surface area contributed by atoms with Crippen LogP contribution in [0.4, 0.5) is 13.2 Å². The van der Waals surface area contributed by atoms with Crippen LogP contribution in [0.25, 0.3) is 5.57 Å². The number of hydrogen-bond donors (Lipinski definition) is 1. The molecule has 2 N–H and O–H groups in total. The van der Waals surface area contributed by atoms with Crippen molar-refractivity contribution in [2.45, 2.75) is 19.1 Å². The zero-order valence-electron chi connectivity index (χ0n) is 19.8. The van der Waals surface area contributed by atoms with E-state index in [0.717, 1.165) is 35.5 Å². The highest BCUT2D eigenvalue weighted by Crippen LogP contribution is 2.28. The number of nitriles is 1. The van der Waals surface area contributed by atoms with Crippen LogP contribution in [0.2, 0.25) is 0 Å². The third kappa shape index (κ3) is 8.38. The van der Waals surface area contributed by atoms with Gasteiger partial charge in [0, 0.05) is 42.9 Å². The van der Waals surface area contributed by atoms with Crippen LogP contribution in [0.1, 0.15) is 20.9 Å². The van der Waals surface area contributed by atoms with Gasteiger partial charge in [0.15, 0.2) is 0 Å². The maximum atomic E-state index is 12.5. The second-order valence-electron chi connectivity index (χ2n) is 7.92. The van der Waals surface area contributed by atoms with Gasteiger partial charge in [0.05, 0.1) is 6.54 Å². The molecule has 186 valence electrons. The minimum atomic E-state index is -4.55. The molecule has 6 nitrogen and oxygen atoms in total. The van der Waals surface area contributed by atoms with Crippen LogP contribution in [0, 0.1) is 11.3 Å². The molecule has 2 aromatic rings. The Balaban J connectivity index is 0.000000251. The van der Waals surface area contributed by atoms with E-state index in [4.69, 9.17) is 11.0 Å². The van der Waals surface area contributed by atoms with Gasteiger partial charge in [0.1, 0.15) is 16.6 Å². The van der Waals surface area contributed by atoms with Crippen molar-refractivity contribution in [2.75, 3.05) is 34.2 Å². The molecule has 1 aromatic heterocycles. The Labute approximate surface area is 207 Å². The van der Waals surface area contributed by atoms with E-state index in [1.54, 1.807) is 36.4 Å². The van der Waals surface area contributed by atoms with Crippen molar-refractivity contribution in [3.8, 4) is 6.07 Å². The fourth-order valence-corrected chi connectivity index (χ4v) is 4.26. The molecular weight excluding hydrogens is 475 g/mol. The van der Waals surface area contributed by atoms with Crippen molar-refractivity contribution in [1.29, 1.82) is 5.26 Å². The van der Waals surface area contributed by atoms with Gasteiger partial charge in [-0.1, -0.05) is 36.4 Å². The Morgan fingerprint density at radius 3 is 2.57 bits per heavy atom. The van der Waals surface area contributed by atoms with E-state index in [2.05, 4.69) is 11.1 Å². The molecular formula is C25H28F3N5OS. The van der Waals surface area contributed by atoms with E-state index in [-0.39, 0.29) is 11.5 Å². The lowest BCUT2D eigenvalue weighted by atomic mass is 10.0. The third-order valence-electron chi connectivity index (χ3n) is 4.97. The first kappa shape index (κ1) is 27.8. The van der Waals surface area contributed by atoms with E-state index in [1.165, 1.54) is 23.9 Å². The largest absolute Gasteiger partial charge is 0.431 e. The quantitative estimate of drug-likeness (QED) is 0.489. The molecule has 0 spiro atoms. The first-order chi connectivity index (χ1) is 16.6. The number of carbonyl (C=O) groups is 1. The van der Waals surface area contributed by atoms with Gasteiger partial charge in [-0.05, 0) is 37.7 Å². The maximum Gasteiger partial charge on any atom is 0.431 e. The number of aliphatic imine (C=N–C) groups is 1. The number of allylic oxidation sites excluding steroid dienone is 2. The first-order valence-electron chi connectivity index (χ1n) is 10.7. The number of alkyl halides is 3. The average Bonchev–Trinajstić information content (AvgIpc) is 3.25. The zero-order valence-corrected chi connectivity index (χ0v) is 20.7. The molecule has 0 radical (unpaired) electrons. The highest BCUT2D eigenvalue weighted by Gasteiger charge is 2.34. The Bertz CT molecular complexity index is 1130. The number of nitrogens with zero attached hydrogens (tertiary/aromatic N) is 4. The molecule has 0 saturated heterocycles. The average molecular weight is 504 g/mol. The number of benzene rings is 1. The summed E-state index contributed by atoms with van der Waals surface area (Å²) in [6.07, 6.45) is 0.933. The molecule has 35 heavy (non-hydrogen) atoms. The van der Waals surface area contributed by atoms with Gasteiger partial charge < -0.3 is 15.5 Å². The molecule has 0 unspecified atom stereocenters. The van der Waals surface area contributed by atoms with Crippen LogP contribution in [0.15, 0.2) is 59.2 Å². The number of rotatable bonds is 5. The lowest BCUT2D eigenvalue weighted by Crippen LogP contribution is -2.34. The van der Waals surface area contributed by atoms with Gasteiger partial charge in [0.2, 0.25) is 5.91 Å². The molecule has 0 bridgehead atoms. The van der Waals surface area contributed by atoms with E-state index < -0.39 is 11.9 Å². The summed E-state index contributed by atoms with van der Waals surface area (Å²) in [4.78, 5) is 21.3. The fourth-order valence-electron chi connectivity index (χ4n) is 3.23. The number of halogens is 3. The zero-order chi connectivity index (χ0) is 26.0. The maximum absolute atomic E-state index is 12.5. The van der Waals surface area contributed by atoms with Gasteiger partial charge >= 0.3 is 6.18 Å². The predicted molar refractivity (Wildman–Crippen MR) is 134 cm³/mol. The summed E-state index contributed by atoms with van der Waals surface area (Å²) in [5.41, 5.74) is 5.44.